The predicted molar refractivity (Wildman–Crippen MR) is 113 cm³/mol. The van der Waals surface area contributed by atoms with Crippen molar-refractivity contribution >= 4 is 56.5 Å². The second-order valence-electron chi connectivity index (χ2n) is 6.57. The normalized spacial score (nSPS) is 13.5. The summed E-state index contributed by atoms with van der Waals surface area (Å²) in [4.78, 5) is 34.0. The monoisotopic (exact) mass is 437 g/mol. The molecule has 0 radical (unpaired) electrons. The van der Waals surface area contributed by atoms with Gasteiger partial charge in [0, 0.05) is 9.90 Å². The number of thioether (sulfide) groups is 1. The van der Waals surface area contributed by atoms with Gasteiger partial charge in [-0.25, -0.2) is 9.37 Å². The number of nitrogens with one attached hydrogen (secondary N) is 2. The molecule has 4 rings (SSSR count). The Kier molecular flexibility index (Phi) is 5.70. The molecule has 3 aromatic rings. The molecule has 9 heteroatoms. The number of carbonyl (C=O) groups is 1. The van der Waals surface area contributed by atoms with Crippen molar-refractivity contribution in [1.82, 2.24) is 9.97 Å². The van der Waals surface area contributed by atoms with E-state index in [4.69, 9.17) is 11.6 Å². The van der Waals surface area contributed by atoms with Crippen molar-refractivity contribution in [2.75, 3.05) is 11.1 Å². The number of benzene rings is 1. The molecule has 28 heavy (non-hydrogen) atoms. The van der Waals surface area contributed by atoms with Crippen LogP contribution in [-0.2, 0) is 23.4 Å². The number of aryl methyl sites for hydroxylation is 2. The zero-order valence-corrected chi connectivity index (χ0v) is 17.2. The summed E-state index contributed by atoms with van der Waals surface area (Å²) in [6.45, 7) is 0. The molecule has 0 spiro atoms. The molecule has 1 aromatic carbocycles. The Hall–Kier alpha value is -1.90. The Morgan fingerprint density at radius 3 is 3.00 bits per heavy atom. The van der Waals surface area contributed by atoms with Crippen LogP contribution in [0.2, 0.25) is 5.02 Å². The summed E-state index contributed by atoms with van der Waals surface area (Å²) >= 11 is 8.61. The molecule has 2 N–H and O–H groups in total. The molecular formula is C19H17ClFN3O2S2. The van der Waals surface area contributed by atoms with E-state index < -0.39 is 5.82 Å². The number of fused-ring (bicyclic) bond motifs is 3. The van der Waals surface area contributed by atoms with Gasteiger partial charge in [0.1, 0.15) is 16.5 Å². The molecule has 0 fully saturated rings. The summed E-state index contributed by atoms with van der Waals surface area (Å²) in [5, 5.41) is 3.51. The molecule has 0 saturated heterocycles. The second kappa shape index (κ2) is 8.23. The number of H-pyrrole nitrogens is 1. The number of halogens is 2. The standard InChI is InChI=1S/C19H17ClFN3O2S2/c20-10-5-6-13(12(21)7-10)22-16(25)9-27-8-15-23-18(26)17-11-3-1-2-4-14(11)28-19(17)24-15/h5-7H,1-4,8-9H2,(H,22,25)(H,23,24,26). The van der Waals surface area contributed by atoms with Crippen LogP contribution in [-0.4, -0.2) is 21.6 Å². The van der Waals surface area contributed by atoms with Crippen LogP contribution in [0.5, 0.6) is 0 Å². The van der Waals surface area contributed by atoms with Crippen LogP contribution < -0.4 is 10.9 Å². The maximum Gasteiger partial charge on any atom is 0.259 e. The summed E-state index contributed by atoms with van der Waals surface area (Å²) in [6.07, 6.45) is 4.22. The van der Waals surface area contributed by atoms with Crippen molar-refractivity contribution in [3.63, 3.8) is 0 Å². The van der Waals surface area contributed by atoms with Crippen molar-refractivity contribution < 1.29 is 9.18 Å². The Morgan fingerprint density at radius 1 is 1.36 bits per heavy atom. The largest absolute Gasteiger partial charge is 0.323 e. The molecule has 0 bridgehead atoms. The third kappa shape index (κ3) is 4.09. The van der Waals surface area contributed by atoms with E-state index in [0.717, 1.165) is 47.5 Å². The van der Waals surface area contributed by atoms with Gasteiger partial charge >= 0.3 is 0 Å². The van der Waals surface area contributed by atoms with Gasteiger partial charge in [-0.15, -0.1) is 23.1 Å². The van der Waals surface area contributed by atoms with E-state index in [1.807, 2.05) is 0 Å². The number of aromatic nitrogens is 2. The Balaban J connectivity index is 1.40. The number of carbonyl (C=O) groups excluding carboxylic acids is 1. The SMILES string of the molecule is O=C(CSCc1nc2sc3c(c2c(=O)[nH]1)CCCC3)Nc1ccc(Cl)cc1F. The number of nitrogens with zero attached hydrogens (tertiary/aromatic N) is 1. The van der Waals surface area contributed by atoms with E-state index in [1.54, 1.807) is 11.3 Å². The molecule has 0 atom stereocenters. The van der Waals surface area contributed by atoms with Crippen LogP contribution in [0.4, 0.5) is 10.1 Å². The maximum atomic E-state index is 13.7. The molecule has 146 valence electrons. The average molecular weight is 438 g/mol. The lowest BCUT2D eigenvalue weighted by atomic mass is 9.97. The minimum atomic E-state index is -0.580. The van der Waals surface area contributed by atoms with Crippen LogP contribution in [0.3, 0.4) is 0 Å². The van der Waals surface area contributed by atoms with Gasteiger partial charge in [0.2, 0.25) is 5.91 Å². The Labute approximate surface area is 173 Å². The van der Waals surface area contributed by atoms with Crippen molar-refractivity contribution in [3.05, 3.63) is 55.7 Å². The van der Waals surface area contributed by atoms with Crippen LogP contribution >= 0.6 is 34.7 Å². The molecule has 0 aliphatic heterocycles. The predicted octanol–water partition coefficient (Wildman–Crippen LogP) is 4.53. The van der Waals surface area contributed by atoms with Gasteiger partial charge in [-0.1, -0.05) is 11.6 Å². The van der Waals surface area contributed by atoms with Crippen LogP contribution in [0, 0.1) is 5.82 Å². The quantitative estimate of drug-likeness (QED) is 0.615. The van der Waals surface area contributed by atoms with Gasteiger partial charge in [0.25, 0.3) is 5.56 Å². The summed E-state index contributed by atoms with van der Waals surface area (Å²) < 4.78 is 13.7. The minimum absolute atomic E-state index is 0.0899. The van der Waals surface area contributed by atoms with Gasteiger partial charge in [0.15, 0.2) is 0 Å². The number of thiophene rings is 1. The number of amides is 1. The number of rotatable bonds is 5. The molecule has 1 aliphatic rings. The van der Waals surface area contributed by atoms with E-state index in [9.17, 15) is 14.0 Å². The minimum Gasteiger partial charge on any atom is -0.323 e. The topological polar surface area (TPSA) is 74.8 Å². The lowest BCUT2D eigenvalue weighted by molar-refractivity contribution is -0.113. The summed E-state index contributed by atoms with van der Waals surface area (Å²) in [6, 6.07) is 4.08. The van der Waals surface area contributed by atoms with Crippen molar-refractivity contribution in [3.8, 4) is 0 Å². The van der Waals surface area contributed by atoms with Crippen molar-refractivity contribution in [2.45, 2.75) is 31.4 Å². The summed E-state index contributed by atoms with van der Waals surface area (Å²) in [5.41, 5.74) is 1.14. The van der Waals surface area contributed by atoms with Gasteiger partial charge in [0.05, 0.1) is 22.6 Å². The first-order valence-corrected chi connectivity index (χ1v) is 11.2. The van der Waals surface area contributed by atoms with E-state index in [1.165, 1.54) is 28.8 Å². The molecule has 1 aliphatic carbocycles. The first-order valence-electron chi connectivity index (χ1n) is 8.87. The van der Waals surface area contributed by atoms with E-state index >= 15 is 0 Å². The van der Waals surface area contributed by atoms with Crippen LogP contribution in [0.15, 0.2) is 23.0 Å². The highest BCUT2D eigenvalue weighted by atomic mass is 35.5. The Bertz CT molecular complexity index is 1110. The smallest absolute Gasteiger partial charge is 0.259 e. The highest BCUT2D eigenvalue weighted by Gasteiger charge is 2.19. The number of hydrogen-bond donors (Lipinski definition) is 2. The number of aromatic amines is 1. The molecule has 1 amide bonds. The molecule has 5 nitrogen and oxygen atoms in total. The van der Waals surface area contributed by atoms with Crippen molar-refractivity contribution in [1.29, 1.82) is 0 Å². The number of hydrogen-bond acceptors (Lipinski definition) is 5. The van der Waals surface area contributed by atoms with Gasteiger partial charge in [-0.3, -0.25) is 9.59 Å². The first-order chi connectivity index (χ1) is 13.5. The highest BCUT2D eigenvalue weighted by Crippen LogP contribution is 2.33. The third-order valence-corrected chi connectivity index (χ3v) is 6.92. The molecule has 0 saturated carbocycles. The van der Waals surface area contributed by atoms with Gasteiger partial charge in [-0.2, -0.15) is 0 Å². The fraction of sp³-hybridized carbons (Fsp3) is 0.316. The lowest BCUT2D eigenvalue weighted by Crippen LogP contribution is -2.16. The molecule has 2 aromatic heterocycles. The van der Waals surface area contributed by atoms with Crippen LogP contribution in [0.25, 0.3) is 10.2 Å². The van der Waals surface area contributed by atoms with Crippen molar-refractivity contribution in [2.24, 2.45) is 0 Å². The molecule has 0 unspecified atom stereocenters. The summed E-state index contributed by atoms with van der Waals surface area (Å²) in [7, 11) is 0. The lowest BCUT2D eigenvalue weighted by Gasteiger charge is -2.09. The third-order valence-electron chi connectivity index (χ3n) is 4.55. The van der Waals surface area contributed by atoms with E-state index in [-0.39, 0.29) is 27.9 Å². The number of anilines is 1. The fourth-order valence-electron chi connectivity index (χ4n) is 3.29. The maximum absolute atomic E-state index is 13.7. The van der Waals surface area contributed by atoms with E-state index in [2.05, 4.69) is 15.3 Å². The molecule has 2 heterocycles. The van der Waals surface area contributed by atoms with Crippen LogP contribution in [0.1, 0.15) is 29.1 Å². The Morgan fingerprint density at radius 2 is 2.18 bits per heavy atom. The van der Waals surface area contributed by atoms with Gasteiger partial charge < -0.3 is 10.3 Å². The van der Waals surface area contributed by atoms with Gasteiger partial charge in [-0.05, 0) is 49.4 Å². The highest BCUT2D eigenvalue weighted by molar-refractivity contribution is 7.99. The molecular weight excluding hydrogens is 421 g/mol. The zero-order valence-electron chi connectivity index (χ0n) is 14.8. The fourth-order valence-corrected chi connectivity index (χ4v) is 5.42. The second-order valence-corrected chi connectivity index (χ2v) is 9.07. The zero-order chi connectivity index (χ0) is 19.7. The first kappa shape index (κ1) is 19.4. The summed E-state index contributed by atoms with van der Waals surface area (Å²) in [5.74, 6) is 0.145. The average Bonchev–Trinajstić information content (AvgIpc) is 3.03. The van der Waals surface area contributed by atoms with E-state index in [0.29, 0.717) is 11.6 Å².